The standard InChI is InChI=1S/C12H15BrN2O3/c1-15(11(12(17)18)3-2-6-16)10-5-4-8(13)7-9(10)14/h4-7,11H,2-3,14H2,1H3,(H,17,18). The average Bonchev–Trinajstić information content (AvgIpc) is 2.28. The molecule has 1 aromatic carbocycles. The van der Waals surface area contributed by atoms with Crippen molar-refractivity contribution in [2.45, 2.75) is 18.9 Å². The molecule has 5 nitrogen and oxygen atoms in total. The number of likely N-dealkylation sites (N-methyl/N-ethyl adjacent to an activating group) is 1. The average molecular weight is 315 g/mol. The molecule has 0 bridgehead atoms. The van der Waals surface area contributed by atoms with Crippen molar-refractivity contribution in [3.63, 3.8) is 0 Å². The molecule has 0 aliphatic heterocycles. The summed E-state index contributed by atoms with van der Waals surface area (Å²) in [5, 5.41) is 9.17. The zero-order chi connectivity index (χ0) is 13.7. The molecule has 0 saturated heterocycles. The number of hydrogen-bond donors (Lipinski definition) is 2. The number of nitrogens with zero attached hydrogens (tertiary/aromatic N) is 1. The molecular weight excluding hydrogens is 300 g/mol. The molecule has 98 valence electrons. The lowest BCUT2D eigenvalue weighted by molar-refractivity contribution is -0.138. The third kappa shape index (κ3) is 3.46. The monoisotopic (exact) mass is 314 g/mol. The molecule has 0 aliphatic carbocycles. The normalized spacial score (nSPS) is 11.9. The maximum Gasteiger partial charge on any atom is 0.326 e. The van der Waals surface area contributed by atoms with Gasteiger partial charge < -0.3 is 20.5 Å². The molecule has 6 heteroatoms. The summed E-state index contributed by atoms with van der Waals surface area (Å²) in [6.45, 7) is 0. The van der Waals surface area contributed by atoms with Crippen molar-refractivity contribution in [2.75, 3.05) is 17.7 Å². The Labute approximate surface area is 114 Å². The molecule has 0 heterocycles. The number of aliphatic carboxylic acids is 1. The summed E-state index contributed by atoms with van der Waals surface area (Å²) in [4.78, 5) is 23.1. The van der Waals surface area contributed by atoms with Crippen LogP contribution in [0.3, 0.4) is 0 Å². The van der Waals surface area contributed by atoms with Crippen LogP contribution in [-0.2, 0) is 9.59 Å². The van der Waals surface area contributed by atoms with Gasteiger partial charge in [0.2, 0.25) is 0 Å². The predicted molar refractivity (Wildman–Crippen MR) is 73.7 cm³/mol. The predicted octanol–water partition coefficient (Wildman–Crippen LogP) is 1.90. The van der Waals surface area contributed by atoms with E-state index in [1.165, 1.54) is 0 Å². The summed E-state index contributed by atoms with van der Waals surface area (Å²) in [6, 6.07) is 4.49. The van der Waals surface area contributed by atoms with Gasteiger partial charge in [-0.1, -0.05) is 15.9 Å². The Morgan fingerprint density at radius 1 is 1.61 bits per heavy atom. The quantitative estimate of drug-likeness (QED) is 0.619. The fraction of sp³-hybridized carbons (Fsp3) is 0.333. The number of benzene rings is 1. The highest BCUT2D eigenvalue weighted by Gasteiger charge is 2.23. The number of nitrogens with two attached hydrogens (primary N) is 1. The van der Waals surface area contributed by atoms with Crippen LogP contribution in [0.25, 0.3) is 0 Å². The molecule has 1 aromatic rings. The Morgan fingerprint density at radius 2 is 2.28 bits per heavy atom. The smallest absolute Gasteiger partial charge is 0.326 e. The first-order valence-electron chi connectivity index (χ1n) is 5.41. The first kappa shape index (κ1) is 14.5. The Kier molecular flexibility index (Phi) is 5.15. The zero-order valence-electron chi connectivity index (χ0n) is 9.97. The highest BCUT2D eigenvalue weighted by molar-refractivity contribution is 9.10. The molecule has 0 saturated carbocycles. The van der Waals surface area contributed by atoms with Gasteiger partial charge in [0.25, 0.3) is 0 Å². The van der Waals surface area contributed by atoms with Crippen LogP contribution < -0.4 is 10.6 Å². The highest BCUT2D eigenvalue weighted by atomic mass is 79.9. The van der Waals surface area contributed by atoms with Crippen molar-refractivity contribution in [3.8, 4) is 0 Å². The van der Waals surface area contributed by atoms with E-state index in [0.29, 0.717) is 17.7 Å². The van der Waals surface area contributed by atoms with Gasteiger partial charge >= 0.3 is 5.97 Å². The molecule has 0 spiro atoms. The molecule has 1 atom stereocenters. The Bertz CT molecular complexity index is 451. The molecule has 0 fully saturated rings. The van der Waals surface area contributed by atoms with Crippen LogP contribution >= 0.6 is 15.9 Å². The van der Waals surface area contributed by atoms with Gasteiger partial charge in [0, 0.05) is 17.9 Å². The number of carbonyl (C=O) groups excluding carboxylic acids is 1. The molecule has 0 aliphatic rings. The number of anilines is 2. The van der Waals surface area contributed by atoms with Crippen LogP contribution in [0.15, 0.2) is 22.7 Å². The topological polar surface area (TPSA) is 83.6 Å². The Morgan fingerprint density at radius 3 is 2.78 bits per heavy atom. The maximum atomic E-state index is 11.2. The van der Waals surface area contributed by atoms with Crippen LogP contribution in [0.5, 0.6) is 0 Å². The number of rotatable bonds is 6. The van der Waals surface area contributed by atoms with Gasteiger partial charge in [-0.2, -0.15) is 0 Å². The second-order valence-electron chi connectivity index (χ2n) is 3.91. The Balaban J connectivity index is 2.97. The fourth-order valence-electron chi connectivity index (χ4n) is 1.72. The SMILES string of the molecule is CN(c1ccc(Br)cc1N)C(CCC=O)C(=O)O. The number of nitrogen functional groups attached to an aromatic ring is 1. The molecule has 1 unspecified atom stereocenters. The molecule has 0 aromatic heterocycles. The van der Waals surface area contributed by atoms with E-state index >= 15 is 0 Å². The summed E-state index contributed by atoms with van der Waals surface area (Å²) >= 11 is 3.29. The van der Waals surface area contributed by atoms with Crippen molar-refractivity contribution >= 4 is 39.6 Å². The van der Waals surface area contributed by atoms with Crippen molar-refractivity contribution in [1.29, 1.82) is 0 Å². The zero-order valence-corrected chi connectivity index (χ0v) is 11.6. The number of halogens is 1. The fourth-order valence-corrected chi connectivity index (χ4v) is 2.10. The molecule has 0 radical (unpaired) electrons. The molecule has 18 heavy (non-hydrogen) atoms. The van der Waals surface area contributed by atoms with Gasteiger partial charge in [0.05, 0.1) is 11.4 Å². The first-order chi connectivity index (χ1) is 8.47. The summed E-state index contributed by atoms with van der Waals surface area (Å²) in [5.41, 5.74) is 6.98. The lowest BCUT2D eigenvalue weighted by atomic mass is 10.1. The minimum atomic E-state index is -0.971. The summed E-state index contributed by atoms with van der Waals surface area (Å²) in [7, 11) is 1.66. The van der Waals surface area contributed by atoms with Crippen LogP contribution in [0.4, 0.5) is 11.4 Å². The van der Waals surface area contributed by atoms with E-state index < -0.39 is 12.0 Å². The van der Waals surface area contributed by atoms with Crippen LogP contribution in [0.2, 0.25) is 0 Å². The van der Waals surface area contributed by atoms with E-state index in [9.17, 15) is 9.59 Å². The number of aldehydes is 1. The molecule has 1 rings (SSSR count). The molecule has 3 N–H and O–H groups in total. The van der Waals surface area contributed by atoms with Gasteiger partial charge in [-0.3, -0.25) is 0 Å². The van der Waals surface area contributed by atoms with Crippen molar-refractivity contribution in [3.05, 3.63) is 22.7 Å². The minimum absolute atomic E-state index is 0.206. The van der Waals surface area contributed by atoms with Crippen LogP contribution in [-0.4, -0.2) is 30.5 Å². The van der Waals surface area contributed by atoms with E-state index in [1.54, 1.807) is 30.1 Å². The van der Waals surface area contributed by atoms with Gasteiger partial charge in [-0.05, 0) is 24.6 Å². The van der Waals surface area contributed by atoms with E-state index in [1.807, 2.05) is 0 Å². The lowest BCUT2D eigenvalue weighted by Gasteiger charge is -2.27. The number of hydrogen-bond acceptors (Lipinski definition) is 4. The van der Waals surface area contributed by atoms with Gasteiger partial charge in [0.15, 0.2) is 0 Å². The van der Waals surface area contributed by atoms with Crippen LogP contribution in [0, 0.1) is 0 Å². The summed E-state index contributed by atoms with van der Waals surface area (Å²) in [6.07, 6.45) is 1.18. The number of carboxylic acids is 1. The van der Waals surface area contributed by atoms with Gasteiger partial charge in [0.1, 0.15) is 12.3 Å². The van der Waals surface area contributed by atoms with Crippen molar-refractivity contribution in [2.24, 2.45) is 0 Å². The third-order valence-corrected chi connectivity index (χ3v) is 3.17. The third-order valence-electron chi connectivity index (χ3n) is 2.68. The largest absolute Gasteiger partial charge is 0.480 e. The first-order valence-corrected chi connectivity index (χ1v) is 6.21. The lowest BCUT2D eigenvalue weighted by Crippen LogP contribution is -2.39. The molecular formula is C12H15BrN2O3. The van der Waals surface area contributed by atoms with Gasteiger partial charge in [-0.15, -0.1) is 0 Å². The van der Waals surface area contributed by atoms with E-state index in [0.717, 1.165) is 4.47 Å². The summed E-state index contributed by atoms with van der Waals surface area (Å²) < 4.78 is 0.830. The highest BCUT2D eigenvalue weighted by Crippen LogP contribution is 2.28. The van der Waals surface area contributed by atoms with E-state index in [-0.39, 0.29) is 12.8 Å². The summed E-state index contributed by atoms with van der Waals surface area (Å²) in [5.74, 6) is -0.971. The second kappa shape index (κ2) is 6.39. The van der Waals surface area contributed by atoms with Crippen molar-refractivity contribution < 1.29 is 14.7 Å². The van der Waals surface area contributed by atoms with Crippen LogP contribution in [0.1, 0.15) is 12.8 Å². The second-order valence-corrected chi connectivity index (χ2v) is 4.83. The minimum Gasteiger partial charge on any atom is -0.480 e. The van der Waals surface area contributed by atoms with Crippen molar-refractivity contribution in [1.82, 2.24) is 0 Å². The number of carbonyl (C=O) groups is 2. The van der Waals surface area contributed by atoms with E-state index in [4.69, 9.17) is 10.8 Å². The Hall–Kier alpha value is -1.56. The number of carboxylic acid groups (broad SMARTS) is 1. The maximum absolute atomic E-state index is 11.2. The van der Waals surface area contributed by atoms with E-state index in [2.05, 4.69) is 15.9 Å². The van der Waals surface area contributed by atoms with Gasteiger partial charge in [-0.25, -0.2) is 4.79 Å². The molecule has 0 amide bonds.